The SMILES string of the molecule is CC(C(=O)OC1=C(C(=O)Nc2ccccn2)N(C)S(=O)(=O)c2ccccc21)c1cccc(Oc2ccccc2)c1. The average Bonchev–Trinajstić information content (AvgIpc) is 2.97. The van der Waals surface area contributed by atoms with Crippen LogP contribution in [0, 0.1) is 0 Å². The van der Waals surface area contributed by atoms with E-state index < -0.39 is 27.8 Å². The maximum atomic E-state index is 13.5. The molecule has 9 nitrogen and oxygen atoms in total. The molecule has 1 unspecified atom stereocenters. The van der Waals surface area contributed by atoms with E-state index in [9.17, 15) is 18.0 Å². The number of sulfonamides is 1. The van der Waals surface area contributed by atoms with Crippen LogP contribution in [0.5, 0.6) is 11.5 Å². The number of aromatic nitrogens is 1. The third kappa shape index (κ3) is 5.29. The number of likely N-dealkylation sites (N-methyl/N-ethyl adjacent to an activating group) is 1. The molecule has 4 aromatic rings. The number of carbonyl (C=O) groups is 2. The first kappa shape index (κ1) is 26.6. The second-order valence-corrected chi connectivity index (χ2v) is 10.9. The summed E-state index contributed by atoms with van der Waals surface area (Å²) in [5.74, 6) is -1.04. The molecule has 1 amide bonds. The van der Waals surface area contributed by atoms with Gasteiger partial charge in [0.25, 0.3) is 15.9 Å². The van der Waals surface area contributed by atoms with E-state index in [4.69, 9.17) is 9.47 Å². The van der Waals surface area contributed by atoms with Gasteiger partial charge in [0.05, 0.1) is 10.8 Å². The van der Waals surface area contributed by atoms with E-state index in [2.05, 4.69) is 10.3 Å². The average molecular weight is 556 g/mol. The molecule has 1 aliphatic heterocycles. The first-order valence-electron chi connectivity index (χ1n) is 12.4. The van der Waals surface area contributed by atoms with Gasteiger partial charge in [-0.25, -0.2) is 13.4 Å². The second-order valence-electron chi connectivity index (χ2n) is 8.95. The topological polar surface area (TPSA) is 115 Å². The van der Waals surface area contributed by atoms with Gasteiger partial charge < -0.3 is 14.8 Å². The van der Waals surface area contributed by atoms with Gasteiger partial charge >= 0.3 is 5.97 Å². The Labute approximate surface area is 231 Å². The molecular formula is C30H25N3O6S. The van der Waals surface area contributed by atoms with Gasteiger partial charge in [-0.1, -0.05) is 48.5 Å². The number of nitrogens with zero attached hydrogens (tertiary/aromatic N) is 2. The number of ether oxygens (including phenoxy) is 2. The van der Waals surface area contributed by atoms with E-state index in [-0.39, 0.29) is 27.7 Å². The number of amides is 1. The standard InChI is InChI=1S/C30H25N3O6S/c1-20(21-11-10-14-23(19-21)38-22-12-4-3-5-13-22)30(35)39-28-24-15-6-7-16-25(24)40(36,37)33(2)27(28)29(34)32-26-17-8-9-18-31-26/h3-20H,1-2H3,(H,31,32,34). The molecule has 0 saturated carbocycles. The summed E-state index contributed by atoms with van der Waals surface area (Å²) in [4.78, 5) is 30.9. The lowest BCUT2D eigenvalue weighted by molar-refractivity contribution is -0.138. The zero-order valence-corrected chi connectivity index (χ0v) is 22.5. The Kier molecular flexibility index (Phi) is 7.35. The van der Waals surface area contributed by atoms with Crippen LogP contribution in [-0.2, 0) is 24.3 Å². The number of nitrogens with one attached hydrogen (secondary N) is 1. The van der Waals surface area contributed by atoms with E-state index in [1.54, 1.807) is 61.5 Å². The van der Waals surface area contributed by atoms with Crippen LogP contribution in [-0.4, -0.2) is 36.6 Å². The van der Waals surface area contributed by atoms with Crippen molar-refractivity contribution in [2.24, 2.45) is 0 Å². The van der Waals surface area contributed by atoms with Crippen molar-refractivity contribution in [2.45, 2.75) is 17.7 Å². The van der Waals surface area contributed by atoms with Crippen LogP contribution in [0.1, 0.15) is 24.0 Å². The van der Waals surface area contributed by atoms with Crippen LogP contribution in [0.4, 0.5) is 5.82 Å². The molecule has 5 rings (SSSR count). The zero-order valence-electron chi connectivity index (χ0n) is 21.6. The number of fused-ring (bicyclic) bond motifs is 1. The molecule has 40 heavy (non-hydrogen) atoms. The second kappa shape index (κ2) is 11.0. The molecule has 0 aliphatic carbocycles. The van der Waals surface area contributed by atoms with Gasteiger partial charge in [0.2, 0.25) is 0 Å². The molecule has 0 fully saturated rings. The summed E-state index contributed by atoms with van der Waals surface area (Å²) in [7, 11) is -2.86. The van der Waals surface area contributed by atoms with Crippen LogP contribution >= 0.6 is 0 Å². The van der Waals surface area contributed by atoms with E-state index in [1.807, 2.05) is 30.3 Å². The molecule has 1 aromatic heterocycles. The molecule has 1 aliphatic rings. The van der Waals surface area contributed by atoms with Crippen LogP contribution < -0.4 is 10.1 Å². The van der Waals surface area contributed by atoms with Gasteiger partial charge in [-0.3, -0.25) is 13.9 Å². The van der Waals surface area contributed by atoms with Crippen molar-refractivity contribution in [3.05, 3.63) is 120 Å². The smallest absolute Gasteiger partial charge is 0.318 e. The molecule has 0 radical (unpaired) electrons. The van der Waals surface area contributed by atoms with Gasteiger partial charge in [-0.2, -0.15) is 0 Å². The Balaban J connectivity index is 1.49. The molecule has 2 heterocycles. The van der Waals surface area contributed by atoms with Crippen molar-refractivity contribution in [1.29, 1.82) is 0 Å². The van der Waals surface area contributed by atoms with E-state index in [0.717, 1.165) is 4.31 Å². The summed E-state index contributed by atoms with van der Waals surface area (Å²) in [5, 5.41) is 2.58. The highest BCUT2D eigenvalue weighted by Crippen LogP contribution is 2.38. The zero-order chi connectivity index (χ0) is 28.3. The lowest BCUT2D eigenvalue weighted by Gasteiger charge is -2.30. The Hall–Kier alpha value is -4.96. The van der Waals surface area contributed by atoms with Gasteiger partial charge in [-0.15, -0.1) is 0 Å². The van der Waals surface area contributed by atoms with Crippen molar-refractivity contribution in [2.75, 3.05) is 12.4 Å². The van der Waals surface area contributed by atoms with E-state index in [1.165, 1.54) is 25.4 Å². The van der Waals surface area contributed by atoms with Crippen molar-refractivity contribution in [3.8, 4) is 11.5 Å². The highest BCUT2D eigenvalue weighted by Gasteiger charge is 2.40. The maximum Gasteiger partial charge on any atom is 0.318 e. The molecule has 1 N–H and O–H groups in total. The Bertz CT molecular complexity index is 1710. The summed E-state index contributed by atoms with van der Waals surface area (Å²) < 4.78 is 39.1. The summed E-state index contributed by atoms with van der Waals surface area (Å²) in [6, 6.07) is 27.2. The number of benzene rings is 3. The highest BCUT2D eigenvalue weighted by atomic mass is 32.2. The Morgan fingerprint density at radius 2 is 1.57 bits per heavy atom. The molecule has 3 aromatic carbocycles. The summed E-state index contributed by atoms with van der Waals surface area (Å²) >= 11 is 0. The summed E-state index contributed by atoms with van der Waals surface area (Å²) in [6.07, 6.45) is 1.48. The normalized spacial score (nSPS) is 14.6. The predicted octanol–water partition coefficient (Wildman–Crippen LogP) is 5.16. The molecule has 1 atom stereocenters. The molecule has 202 valence electrons. The van der Waals surface area contributed by atoms with Crippen LogP contribution in [0.25, 0.3) is 5.76 Å². The molecule has 0 spiro atoms. The minimum absolute atomic E-state index is 0.0828. The number of pyridine rings is 1. The summed E-state index contributed by atoms with van der Waals surface area (Å²) in [6.45, 7) is 1.66. The van der Waals surface area contributed by atoms with Crippen molar-refractivity contribution in [3.63, 3.8) is 0 Å². The fourth-order valence-electron chi connectivity index (χ4n) is 4.18. The number of carbonyl (C=O) groups excluding carboxylic acids is 2. The predicted molar refractivity (Wildman–Crippen MR) is 149 cm³/mol. The van der Waals surface area contributed by atoms with E-state index >= 15 is 0 Å². The van der Waals surface area contributed by atoms with Crippen LogP contribution in [0.15, 0.2) is 114 Å². The van der Waals surface area contributed by atoms with Gasteiger partial charge in [0.15, 0.2) is 11.5 Å². The lowest BCUT2D eigenvalue weighted by atomic mass is 10.0. The Morgan fingerprint density at radius 1 is 0.875 bits per heavy atom. The minimum atomic E-state index is -4.10. The van der Waals surface area contributed by atoms with Crippen molar-refractivity contribution >= 4 is 33.5 Å². The third-order valence-electron chi connectivity index (χ3n) is 6.31. The van der Waals surface area contributed by atoms with Crippen LogP contribution in [0.2, 0.25) is 0 Å². The molecule has 0 saturated heterocycles. The fourth-order valence-corrected chi connectivity index (χ4v) is 5.57. The fraction of sp³-hybridized carbons (Fsp3) is 0.100. The number of para-hydroxylation sites is 1. The molecular weight excluding hydrogens is 530 g/mol. The summed E-state index contributed by atoms with van der Waals surface area (Å²) in [5.41, 5.74) is 0.378. The maximum absolute atomic E-state index is 13.5. The first-order valence-corrected chi connectivity index (χ1v) is 13.8. The lowest BCUT2D eigenvalue weighted by Crippen LogP contribution is -2.38. The number of esters is 1. The largest absolute Gasteiger partial charge is 0.457 e. The number of hydrogen-bond acceptors (Lipinski definition) is 7. The van der Waals surface area contributed by atoms with Gasteiger partial charge in [0, 0.05) is 18.8 Å². The Morgan fingerprint density at radius 3 is 2.33 bits per heavy atom. The van der Waals surface area contributed by atoms with Crippen LogP contribution in [0.3, 0.4) is 0 Å². The van der Waals surface area contributed by atoms with Gasteiger partial charge in [-0.05, 0) is 61.0 Å². The van der Waals surface area contributed by atoms with Crippen molar-refractivity contribution in [1.82, 2.24) is 9.29 Å². The third-order valence-corrected chi connectivity index (χ3v) is 8.13. The molecule has 0 bridgehead atoms. The highest BCUT2D eigenvalue weighted by molar-refractivity contribution is 7.89. The number of hydrogen-bond donors (Lipinski definition) is 1. The monoisotopic (exact) mass is 555 g/mol. The van der Waals surface area contributed by atoms with Crippen molar-refractivity contribution < 1.29 is 27.5 Å². The number of rotatable bonds is 7. The number of anilines is 1. The van der Waals surface area contributed by atoms with E-state index in [0.29, 0.717) is 17.1 Å². The first-order chi connectivity index (χ1) is 19.3. The quantitative estimate of drug-likeness (QED) is 0.313. The minimum Gasteiger partial charge on any atom is -0.457 e. The molecule has 10 heteroatoms. The van der Waals surface area contributed by atoms with Gasteiger partial charge in [0.1, 0.15) is 17.3 Å².